The Labute approximate surface area is 146 Å². The Morgan fingerprint density at radius 2 is 1.64 bits per heavy atom. The summed E-state index contributed by atoms with van der Waals surface area (Å²) >= 11 is 0. The first-order valence-corrected chi connectivity index (χ1v) is 8.38. The zero-order valence-corrected chi connectivity index (χ0v) is 13.8. The van der Waals surface area contributed by atoms with E-state index >= 15 is 0 Å². The lowest BCUT2D eigenvalue weighted by Gasteiger charge is -2.27. The molecule has 130 valence electrons. The molecule has 0 unspecified atom stereocenters. The standard InChI is InChI=1S/C20H20FNO3/c21-16-10-8-15(9-11-16)20(12-4-5-13-20)19(24)25-14-18(23)22-17-6-2-1-3-7-17/h1-3,6-11H,4-5,12-14H2,(H,22,23). The summed E-state index contributed by atoms with van der Waals surface area (Å²) in [4.78, 5) is 24.7. The first-order chi connectivity index (χ1) is 12.1. The Hall–Kier alpha value is -2.69. The van der Waals surface area contributed by atoms with Gasteiger partial charge in [0.1, 0.15) is 5.82 Å². The molecule has 5 heteroatoms. The van der Waals surface area contributed by atoms with Gasteiger partial charge in [0.15, 0.2) is 6.61 Å². The molecule has 1 fully saturated rings. The largest absolute Gasteiger partial charge is 0.455 e. The molecule has 0 atom stereocenters. The van der Waals surface area contributed by atoms with Gasteiger partial charge in [0, 0.05) is 5.69 Å². The van der Waals surface area contributed by atoms with Crippen LogP contribution in [-0.4, -0.2) is 18.5 Å². The summed E-state index contributed by atoms with van der Waals surface area (Å²) in [5.74, 6) is -1.14. The molecule has 1 aliphatic carbocycles. The second-order valence-electron chi connectivity index (χ2n) is 6.29. The molecule has 4 nitrogen and oxygen atoms in total. The molecule has 0 saturated heterocycles. The molecule has 0 heterocycles. The molecule has 0 bridgehead atoms. The fourth-order valence-corrected chi connectivity index (χ4v) is 3.35. The maximum Gasteiger partial charge on any atom is 0.317 e. The SMILES string of the molecule is O=C(COC(=O)C1(c2ccc(F)cc2)CCCC1)Nc1ccccc1. The predicted molar refractivity (Wildman–Crippen MR) is 92.6 cm³/mol. The van der Waals surface area contributed by atoms with Crippen LogP contribution in [0.15, 0.2) is 54.6 Å². The lowest BCUT2D eigenvalue weighted by Crippen LogP contribution is -2.36. The molecule has 25 heavy (non-hydrogen) atoms. The van der Waals surface area contributed by atoms with E-state index in [0.29, 0.717) is 18.5 Å². The summed E-state index contributed by atoms with van der Waals surface area (Å²) < 4.78 is 18.5. The molecule has 0 radical (unpaired) electrons. The van der Waals surface area contributed by atoms with E-state index in [9.17, 15) is 14.0 Å². The van der Waals surface area contributed by atoms with Crippen LogP contribution in [-0.2, 0) is 19.7 Å². The maximum absolute atomic E-state index is 13.2. The van der Waals surface area contributed by atoms with Gasteiger partial charge in [-0.25, -0.2) is 4.39 Å². The van der Waals surface area contributed by atoms with E-state index in [1.54, 1.807) is 24.3 Å². The second-order valence-corrected chi connectivity index (χ2v) is 6.29. The minimum Gasteiger partial charge on any atom is -0.455 e. The fourth-order valence-electron chi connectivity index (χ4n) is 3.35. The summed E-state index contributed by atoms with van der Waals surface area (Å²) in [7, 11) is 0. The van der Waals surface area contributed by atoms with Gasteiger partial charge in [0.2, 0.25) is 0 Å². The minimum atomic E-state index is -0.777. The number of carbonyl (C=O) groups excluding carboxylic acids is 2. The smallest absolute Gasteiger partial charge is 0.317 e. The average molecular weight is 341 g/mol. The first kappa shape index (κ1) is 17.1. The van der Waals surface area contributed by atoms with E-state index in [1.807, 2.05) is 18.2 Å². The topological polar surface area (TPSA) is 55.4 Å². The highest BCUT2D eigenvalue weighted by Crippen LogP contribution is 2.42. The van der Waals surface area contributed by atoms with E-state index in [4.69, 9.17) is 4.74 Å². The molecule has 0 aliphatic heterocycles. The van der Waals surface area contributed by atoms with Crippen molar-refractivity contribution in [2.75, 3.05) is 11.9 Å². The number of halogens is 1. The quantitative estimate of drug-likeness (QED) is 0.841. The van der Waals surface area contributed by atoms with Gasteiger partial charge in [0.25, 0.3) is 5.91 Å². The Morgan fingerprint density at radius 3 is 2.28 bits per heavy atom. The van der Waals surface area contributed by atoms with Crippen molar-refractivity contribution in [1.29, 1.82) is 0 Å². The molecular weight excluding hydrogens is 321 g/mol. The highest BCUT2D eigenvalue weighted by Gasteiger charge is 2.44. The van der Waals surface area contributed by atoms with Gasteiger partial charge < -0.3 is 10.1 Å². The van der Waals surface area contributed by atoms with Gasteiger partial charge in [-0.1, -0.05) is 43.2 Å². The van der Waals surface area contributed by atoms with Crippen molar-refractivity contribution in [1.82, 2.24) is 0 Å². The first-order valence-electron chi connectivity index (χ1n) is 8.38. The molecular formula is C20H20FNO3. The molecule has 1 saturated carbocycles. The van der Waals surface area contributed by atoms with Crippen molar-refractivity contribution in [3.05, 3.63) is 66.0 Å². The number of ether oxygens (including phenoxy) is 1. The third kappa shape index (κ3) is 3.87. The number of rotatable bonds is 5. The summed E-state index contributed by atoms with van der Waals surface area (Å²) in [6.07, 6.45) is 3.11. The number of carbonyl (C=O) groups is 2. The minimum absolute atomic E-state index is 0.337. The average Bonchev–Trinajstić information content (AvgIpc) is 3.12. The number of esters is 1. The van der Waals surface area contributed by atoms with Crippen LogP contribution in [0.25, 0.3) is 0 Å². The highest BCUT2D eigenvalue weighted by atomic mass is 19.1. The Bertz CT molecular complexity index is 737. The van der Waals surface area contributed by atoms with E-state index in [1.165, 1.54) is 12.1 Å². The number of anilines is 1. The summed E-state index contributed by atoms with van der Waals surface area (Å²) in [6, 6.07) is 15.0. The van der Waals surface area contributed by atoms with Crippen molar-refractivity contribution in [2.24, 2.45) is 0 Å². The lowest BCUT2D eigenvalue weighted by molar-refractivity contribution is -0.153. The van der Waals surface area contributed by atoms with Crippen LogP contribution in [0.5, 0.6) is 0 Å². The van der Waals surface area contributed by atoms with Crippen LogP contribution in [0.2, 0.25) is 0 Å². The van der Waals surface area contributed by atoms with Crippen molar-refractivity contribution in [3.63, 3.8) is 0 Å². The van der Waals surface area contributed by atoms with Crippen LogP contribution in [0, 0.1) is 5.82 Å². The van der Waals surface area contributed by atoms with Crippen molar-refractivity contribution in [2.45, 2.75) is 31.1 Å². The van der Waals surface area contributed by atoms with E-state index < -0.39 is 11.4 Å². The molecule has 2 aromatic rings. The van der Waals surface area contributed by atoms with Gasteiger partial charge in [0.05, 0.1) is 5.41 Å². The number of amides is 1. The van der Waals surface area contributed by atoms with Gasteiger partial charge >= 0.3 is 5.97 Å². The van der Waals surface area contributed by atoms with Crippen LogP contribution in [0.3, 0.4) is 0 Å². The van der Waals surface area contributed by atoms with Crippen molar-refractivity contribution < 1.29 is 18.7 Å². The molecule has 1 aliphatic rings. The second kappa shape index (κ2) is 7.47. The Morgan fingerprint density at radius 1 is 1.00 bits per heavy atom. The highest BCUT2D eigenvalue weighted by molar-refractivity contribution is 5.93. The van der Waals surface area contributed by atoms with E-state index in [2.05, 4.69) is 5.32 Å². The normalized spacial score (nSPS) is 15.6. The molecule has 0 spiro atoms. The van der Waals surface area contributed by atoms with Gasteiger partial charge in [-0.2, -0.15) is 0 Å². The van der Waals surface area contributed by atoms with Crippen LogP contribution < -0.4 is 5.32 Å². The van der Waals surface area contributed by atoms with E-state index in [-0.39, 0.29) is 18.3 Å². The zero-order valence-electron chi connectivity index (χ0n) is 13.8. The fraction of sp³-hybridized carbons (Fsp3) is 0.300. The molecule has 2 aromatic carbocycles. The predicted octanol–water partition coefficient (Wildman–Crippen LogP) is 3.82. The number of benzene rings is 2. The molecule has 1 N–H and O–H groups in total. The Kier molecular flexibility index (Phi) is 5.12. The number of hydrogen-bond donors (Lipinski definition) is 1. The third-order valence-electron chi connectivity index (χ3n) is 4.64. The number of para-hydroxylation sites is 1. The zero-order chi connectivity index (χ0) is 17.7. The molecule has 0 aromatic heterocycles. The van der Waals surface area contributed by atoms with Gasteiger partial charge in [-0.3, -0.25) is 9.59 Å². The molecule has 3 rings (SSSR count). The summed E-state index contributed by atoms with van der Waals surface area (Å²) in [5, 5.41) is 2.68. The van der Waals surface area contributed by atoms with Crippen LogP contribution >= 0.6 is 0 Å². The van der Waals surface area contributed by atoms with Crippen LogP contribution in [0.4, 0.5) is 10.1 Å². The van der Waals surface area contributed by atoms with Gasteiger partial charge in [-0.05, 0) is 42.7 Å². The number of nitrogens with one attached hydrogen (secondary N) is 1. The Balaban J connectivity index is 1.65. The summed E-state index contributed by atoms with van der Waals surface area (Å²) in [5.41, 5.74) is 0.623. The maximum atomic E-state index is 13.2. The van der Waals surface area contributed by atoms with E-state index in [0.717, 1.165) is 18.4 Å². The summed E-state index contributed by atoms with van der Waals surface area (Å²) in [6.45, 7) is -0.337. The monoisotopic (exact) mass is 341 g/mol. The lowest BCUT2D eigenvalue weighted by atomic mass is 9.79. The number of hydrogen-bond acceptors (Lipinski definition) is 3. The van der Waals surface area contributed by atoms with Crippen molar-refractivity contribution in [3.8, 4) is 0 Å². The van der Waals surface area contributed by atoms with Crippen LogP contribution in [0.1, 0.15) is 31.2 Å². The molecule has 1 amide bonds. The van der Waals surface area contributed by atoms with Gasteiger partial charge in [-0.15, -0.1) is 0 Å². The van der Waals surface area contributed by atoms with Crippen molar-refractivity contribution >= 4 is 17.6 Å². The third-order valence-corrected chi connectivity index (χ3v) is 4.64.